The predicted octanol–water partition coefficient (Wildman–Crippen LogP) is 4.93. The first kappa shape index (κ1) is 48.1. The van der Waals surface area contributed by atoms with Crippen molar-refractivity contribution in [3.63, 3.8) is 0 Å². The maximum absolute atomic E-state index is 16.4. The smallest absolute Gasteiger partial charge is 0.317 e. The Hall–Kier alpha value is -5.55. The molecule has 61 heavy (non-hydrogen) atoms. The monoisotopic (exact) mass is 909 g/mol. The fraction of sp³-hybridized carbons (Fsp3) is 0.400. The minimum Gasteiger partial charge on any atom is -0.510 e. The molecule has 18 nitrogen and oxygen atoms in total. The van der Waals surface area contributed by atoms with Crippen molar-refractivity contribution in [3.8, 4) is 11.5 Å². The third-order valence-electron chi connectivity index (χ3n) is 9.90. The van der Waals surface area contributed by atoms with Gasteiger partial charge in [-0.1, -0.05) is 24.3 Å². The number of halogens is 2. The zero-order chi connectivity index (χ0) is 45.5. The van der Waals surface area contributed by atoms with Gasteiger partial charge >= 0.3 is 35.8 Å². The second-order valence-corrected chi connectivity index (χ2v) is 16.9. The van der Waals surface area contributed by atoms with Crippen LogP contribution in [0, 0.1) is 23.7 Å². The van der Waals surface area contributed by atoms with Gasteiger partial charge in [0.05, 0.1) is 13.2 Å². The Morgan fingerprint density at radius 1 is 0.623 bits per heavy atom. The van der Waals surface area contributed by atoms with Crippen molar-refractivity contribution in [2.45, 2.75) is 39.5 Å². The first-order valence-corrected chi connectivity index (χ1v) is 21.3. The Morgan fingerprint density at radius 2 is 0.951 bits per heavy atom. The van der Waals surface area contributed by atoms with Crippen molar-refractivity contribution >= 4 is 77.9 Å². The number of hydrogen-bond donors (Lipinski definition) is 4. The van der Waals surface area contributed by atoms with Crippen LogP contribution in [0.25, 0.3) is 0 Å². The van der Waals surface area contributed by atoms with Crippen LogP contribution in [0.1, 0.15) is 50.7 Å². The molecule has 2 aliphatic carbocycles. The number of nitrogens with zero attached hydrogens (tertiary/aromatic N) is 1. The summed E-state index contributed by atoms with van der Waals surface area (Å²) in [6.07, 6.45) is 0. The number of carbonyl (C=O) groups excluding carboxylic acids is 6. The molecule has 0 amide bonds. The van der Waals surface area contributed by atoms with E-state index in [0.29, 0.717) is 0 Å². The van der Waals surface area contributed by atoms with Crippen LogP contribution in [0.5, 0.6) is 11.5 Å². The molecule has 0 aliphatic heterocycles. The van der Waals surface area contributed by atoms with Crippen molar-refractivity contribution < 1.29 is 82.3 Å². The fourth-order valence-corrected chi connectivity index (χ4v) is 11.6. The number of rotatable bonds is 17. The largest absolute Gasteiger partial charge is 0.510 e. The first-order chi connectivity index (χ1) is 28.8. The maximum Gasteiger partial charge on any atom is 0.317 e. The lowest BCUT2D eigenvalue weighted by atomic mass is 9.70. The Bertz CT molecular complexity index is 2050. The van der Waals surface area contributed by atoms with E-state index in [1.54, 1.807) is 0 Å². The molecule has 0 heterocycles. The van der Waals surface area contributed by atoms with Crippen molar-refractivity contribution in [3.05, 3.63) is 81.8 Å². The first-order valence-electron chi connectivity index (χ1n) is 18.6. The van der Waals surface area contributed by atoms with Gasteiger partial charge in [0.25, 0.3) is 0 Å². The Labute approximate surface area is 358 Å². The van der Waals surface area contributed by atoms with E-state index < -0.39 is 137 Å². The topological polar surface area (TPSA) is 275 Å². The molecular formula is C40H42Cl2NO17P. The van der Waals surface area contributed by atoms with E-state index in [0.717, 1.165) is 18.5 Å². The van der Waals surface area contributed by atoms with Gasteiger partial charge in [-0.05, 0) is 49.2 Å². The fourth-order valence-electron chi connectivity index (χ4n) is 7.62. The van der Waals surface area contributed by atoms with Crippen LogP contribution in [-0.4, -0.2) is 111 Å². The summed E-state index contributed by atoms with van der Waals surface area (Å²) in [5, 5.41) is 43.2. The second kappa shape index (κ2) is 20.3. The van der Waals surface area contributed by atoms with Gasteiger partial charge in [-0.3, -0.25) is 42.9 Å². The lowest BCUT2D eigenvalue weighted by Crippen LogP contribution is -2.47. The highest BCUT2D eigenvalue weighted by atomic mass is 35.5. The van der Waals surface area contributed by atoms with Crippen LogP contribution in [0.3, 0.4) is 0 Å². The van der Waals surface area contributed by atoms with Crippen molar-refractivity contribution in [2.75, 3.05) is 38.1 Å². The third kappa shape index (κ3) is 9.67. The molecule has 0 radical (unpaired) electrons. The van der Waals surface area contributed by atoms with Gasteiger partial charge in [-0.25, -0.2) is 4.67 Å². The van der Waals surface area contributed by atoms with Crippen LogP contribution >= 0.6 is 30.5 Å². The average Bonchev–Trinajstić information content (AvgIpc) is 3.17. The van der Waals surface area contributed by atoms with Gasteiger partial charge in [0.2, 0.25) is 7.29 Å². The number of aliphatic hydroxyl groups excluding tert-OH is 2. The number of carboxylic acid groups (broad SMARTS) is 2. The number of ether oxygens (including phenoxy) is 4. The summed E-state index contributed by atoms with van der Waals surface area (Å²) >= 11 is 12.2. The van der Waals surface area contributed by atoms with Crippen molar-refractivity contribution in [2.24, 2.45) is 23.7 Å². The van der Waals surface area contributed by atoms with Crippen molar-refractivity contribution in [1.82, 2.24) is 4.67 Å². The zero-order valence-corrected chi connectivity index (χ0v) is 35.5. The molecule has 4 rings (SSSR count). The number of aliphatic hydroxyl groups is 2. The number of carbonyl (C=O) groups is 8. The van der Waals surface area contributed by atoms with Crippen LogP contribution in [0.4, 0.5) is 0 Å². The summed E-state index contributed by atoms with van der Waals surface area (Å²) in [6.45, 7) is 3.14. The van der Waals surface area contributed by atoms with E-state index in [4.69, 9.17) is 42.1 Å². The van der Waals surface area contributed by atoms with E-state index in [9.17, 15) is 58.8 Å². The normalized spacial score (nSPS) is 22.6. The highest BCUT2D eigenvalue weighted by Crippen LogP contribution is 2.70. The SMILES string of the molecule is CCOC(=O)[C@@H]1C(O)=C(P(=O)(C2=C(O)[C@@H](C(=O)OCC)[C@@H](c3ccc(OC(C)=O)cc3)[C@H](C(=O)O)C2=O)N(CCCl)CCCl)C(=O)[C@H](C(=O)O)[C@@H]1c1ccc(OC(C)=O)cc1. The number of Topliss-reactive ketones (excluding diaryl/α,β-unsaturated/α-hetero) is 2. The molecule has 21 heteroatoms. The van der Waals surface area contributed by atoms with E-state index in [1.807, 2.05) is 0 Å². The number of ketones is 2. The number of benzene rings is 2. The molecule has 1 unspecified atom stereocenters. The standard InChI is InChI=1S/C40H42Cl2NO17P/c1-5-57-39(54)29-25(21-7-11-23(12-8-21)59-19(3)44)27(37(50)51)31(46)35(33(29)48)61(56,43(17-15-41)18-16-42)36-32(47)28(38(52)53)26(30(34(36)49)40(55)58-6-2)22-9-13-24(14-10-22)60-20(4)45/h7-14,25-30,48-49H,5-6,15-18H2,1-4H3,(H,50,51)(H,52,53)/t25-,26-,27-,28+,29-,30-,61?/m0/s1. The van der Waals surface area contributed by atoms with Gasteiger partial charge in [0, 0.05) is 50.5 Å². The Kier molecular flexibility index (Phi) is 16.0. The second-order valence-electron chi connectivity index (χ2n) is 13.6. The number of allylic oxidation sites excluding steroid dienone is 2. The molecule has 0 bridgehead atoms. The highest BCUT2D eigenvalue weighted by Gasteiger charge is 2.62. The zero-order valence-electron chi connectivity index (χ0n) is 33.1. The van der Waals surface area contributed by atoms with E-state index in [1.165, 1.54) is 62.4 Å². The minimum atomic E-state index is -5.70. The molecule has 7 atom stereocenters. The summed E-state index contributed by atoms with van der Waals surface area (Å²) in [6, 6.07) is 9.72. The average molecular weight is 911 g/mol. The lowest BCUT2D eigenvalue weighted by molar-refractivity contribution is -0.155. The molecule has 0 aromatic heterocycles. The molecule has 0 fully saturated rings. The van der Waals surface area contributed by atoms with E-state index in [-0.39, 0.29) is 35.8 Å². The van der Waals surface area contributed by atoms with E-state index in [2.05, 4.69) is 0 Å². The van der Waals surface area contributed by atoms with Gasteiger partial charge < -0.3 is 39.4 Å². The number of hydrogen-bond acceptors (Lipinski definition) is 15. The summed E-state index contributed by atoms with van der Waals surface area (Å²) in [5.41, 5.74) is -0.166. The number of carboxylic acids is 2. The molecular weight excluding hydrogens is 868 g/mol. The van der Waals surface area contributed by atoms with Gasteiger partial charge in [0.1, 0.15) is 57.3 Å². The number of alkyl halides is 2. The molecule has 2 aromatic carbocycles. The Morgan fingerprint density at radius 3 is 1.21 bits per heavy atom. The van der Waals surface area contributed by atoms with Gasteiger partial charge in [-0.2, -0.15) is 0 Å². The Balaban J connectivity index is 2.18. The molecule has 0 spiro atoms. The molecule has 328 valence electrons. The van der Waals surface area contributed by atoms with Crippen molar-refractivity contribution in [1.29, 1.82) is 0 Å². The molecule has 4 N–H and O–H groups in total. The number of aliphatic carboxylic acids is 2. The predicted molar refractivity (Wildman–Crippen MR) is 213 cm³/mol. The molecule has 2 aromatic rings. The molecule has 2 aliphatic rings. The summed E-state index contributed by atoms with van der Waals surface area (Å²) in [7, 11) is -5.70. The van der Waals surface area contributed by atoms with Gasteiger partial charge in [-0.15, -0.1) is 23.2 Å². The van der Waals surface area contributed by atoms with Crippen LogP contribution in [0.15, 0.2) is 70.7 Å². The summed E-state index contributed by atoms with van der Waals surface area (Å²) in [4.78, 5) is 107. The summed E-state index contributed by atoms with van der Waals surface area (Å²) in [5.74, 6) is -27.6. The highest BCUT2D eigenvalue weighted by molar-refractivity contribution is 7.72. The van der Waals surface area contributed by atoms with Crippen LogP contribution < -0.4 is 9.47 Å². The quantitative estimate of drug-likeness (QED) is 0.0538. The lowest BCUT2D eigenvalue weighted by Gasteiger charge is -2.43. The molecule has 0 saturated carbocycles. The maximum atomic E-state index is 16.4. The minimum absolute atomic E-state index is 0.0123. The summed E-state index contributed by atoms with van der Waals surface area (Å²) < 4.78 is 37.7. The van der Waals surface area contributed by atoms with Crippen LogP contribution in [0.2, 0.25) is 0 Å². The molecule has 0 saturated heterocycles. The van der Waals surface area contributed by atoms with E-state index >= 15 is 4.57 Å². The van der Waals surface area contributed by atoms with Crippen LogP contribution in [-0.2, 0) is 52.4 Å². The third-order valence-corrected chi connectivity index (χ3v) is 13.5. The van der Waals surface area contributed by atoms with Gasteiger partial charge in [0.15, 0.2) is 11.6 Å². The number of esters is 4.